The van der Waals surface area contributed by atoms with Crippen molar-refractivity contribution in [2.24, 2.45) is 0 Å². The number of anilines is 1. The number of pyridine rings is 1. The molecule has 0 aliphatic carbocycles. The average Bonchev–Trinajstić information content (AvgIpc) is 2.95. The molecule has 3 nitrogen and oxygen atoms in total. The van der Waals surface area contributed by atoms with E-state index in [4.69, 9.17) is 11.6 Å². The van der Waals surface area contributed by atoms with Crippen LogP contribution in [0.2, 0.25) is 5.02 Å². The van der Waals surface area contributed by atoms with Crippen LogP contribution in [0.5, 0.6) is 0 Å². The number of hydrogen-bond donors (Lipinski definition) is 1. The summed E-state index contributed by atoms with van der Waals surface area (Å²) in [7, 11) is 0. The van der Waals surface area contributed by atoms with Gasteiger partial charge in [-0.3, -0.25) is 4.90 Å². The lowest BCUT2D eigenvalue weighted by atomic mass is 10.0. The number of halogens is 1. The third kappa shape index (κ3) is 3.07. The number of hydrogen-bond acceptors (Lipinski definition) is 4. The molecule has 1 unspecified atom stereocenters. The standard InChI is InChI=1S/C16H20ClN3S/c1-3-18-16-5-4-13(17)14(19-16)10-20-8-6-15-12(11(20)2)7-9-21-15/h4-5,7,9,11H,3,6,8,10H2,1-2H3,(H,18,19). The zero-order valence-corrected chi connectivity index (χ0v) is 14.0. The van der Waals surface area contributed by atoms with E-state index in [-0.39, 0.29) is 0 Å². The summed E-state index contributed by atoms with van der Waals surface area (Å²) in [6.07, 6.45) is 1.13. The highest BCUT2D eigenvalue weighted by molar-refractivity contribution is 7.10. The first kappa shape index (κ1) is 14.8. The summed E-state index contributed by atoms with van der Waals surface area (Å²) in [5, 5.41) is 6.19. The van der Waals surface area contributed by atoms with Crippen LogP contribution in [-0.4, -0.2) is 23.0 Å². The molecule has 0 bridgehead atoms. The van der Waals surface area contributed by atoms with Crippen LogP contribution in [0.15, 0.2) is 23.6 Å². The van der Waals surface area contributed by atoms with Gasteiger partial charge in [0, 0.05) is 30.6 Å². The average molecular weight is 322 g/mol. The fraction of sp³-hybridized carbons (Fsp3) is 0.438. The number of thiophene rings is 1. The van der Waals surface area contributed by atoms with Crippen molar-refractivity contribution in [1.82, 2.24) is 9.88 Å². The van der Waals surface area contributed by atoms with Crippen LogP contribution < -0.4 is 5.32 Å². The summed E-state index contributed by atoms with van der Waals surface area (Å²) >= 11 is 8.20. The molecule has 2 aromatic heterocycles. The van der Waals surface area contributed by atoms with Crippen LogP contribution in [0.25, 0.3) is 0 Å². The Morgan fingerprint density at radius 2 is 2.29 bits per heavy atom. The van der Waals surface area contributed by atoms with Crippen LogP contribution in [0.4, 0.5) is 5.82 Å². The van der Waals surface area contributed by atoms with Crippen molar-refractivity contribution in [1.29, 1.82) is 0 Å². The van der Waals surface area contributed by atoms with Gasteiger partial charge < -0.3 is 5.32 Å². The number of nitrogens with zero attached hydrogens (tertiary/aromatic N) is 2. The van der Waals surface area contributed by atoms with E-state index in [2.05, 4.69) is 40.5 Å². The van der Waals surface area contributed by atoms with Gasteiger partial charge in [0.25, 0.3) is 0 Å². The SMILES string of the molecule is CCNc1ccc(Cl)c(CN2CCc3sccc3C2C)n1. The Labute approximate surface area is 135 Å². The van der Waals surface area contributed by atoms with Gasteiger partial charge in [0.05, 0.1) is 10.7 Å². The first-order valence-electron chi connectivity index (χ1n) is 7.38. The molecule has 112 valence electrons. The van der Waals surface area contributed by atoms with Crippen molar-refractivity contribution in [2.45, 2.75) is 32.9 Å². The minimum Gasteiger partial charge on any atom is -0.370 e. The Morgan fingerprint density at radius 3 is 3.10 bits per heavy atom. The number of rotatable bonds is 4. The van der Waals surface area contributed by atoms with Crippen LogP contribution >= 0.6 is 22.9 Å². The molecular weight excluding hydrogens is 302 g/mol. The van der Waals surface area contributed by atoms with E-state index in [1.54, 1.807) is 0 Å². The number of nitrogens with one attached hydrogen (secondary N) is 1. The van der Waals surface area contributed by atoms with Crippen molar-refractivity contribution < 1.29 is 0 Å². The van der Waals surface area contributed by atoms with Crippen molar-refractivity contribution in [3.05, 3.63) is 44.7 Å². The molecule has 2 aromatic rings. The second kappa shape index (κ2) is 6.34. The molecule has 0 saturated carbocycles. The van der Waals surface area contributed by atoms with Gasteiger partial charge in [0.15, 0.2) is 0 Å². The van der Waals surface area contributed by atoms with E-state index in [1.807, 2.05) is 23.5 Å². The third-order valence-electron chi connectivity index (χ3n) is 4.03. The summed E-state index contributed by atoms with van der Waals surface area (Å²) in [6.45, 7) is 7.08. The number of fused-ring (bicyclic) bond motifs is 1. The molecule has 3 heterocycles. The molecule has 1 aliphatic rings. The van der Waals surface area contributed by atoms with Crippen molar-refractivity contribution in [2.75, 3.05) is 18.4 Å². The second-order valence-electron chi connectivity index (χ2n) is 5.35. The lowest BCUT2D eigenvalue weighted by Gasteiger charge is -2.33. The Kier molecular flexibility index (Phi) is 4.48. The molecule has 1 aliphatic heterocycles. The normalized spacial score (nSPS) is 18.5. The maximum absolute atomic E-state index is 6.33. The van der Waals surface area contributed by atoms with Gasteiger partial charge in [-0.1, -0.05) is 11.6 Å². The molecule has 0 spiro atoms. The minimum atomic E-state index is 0.431. The topological polar surface area (TPSA) is 28.2 Å². The lowest BCUT2D eigenvalue weighted by Crippen LogP contribution is -2.33. The summed E-state index contributed by atoms with van der Waals surface area (Å²) in [6, 6.07) is 6.56. The van der Waals surface area contributed by atoms with Gasteiger partial charge >= 0.3 is 0 Å². The second-order valence-corrected chi connectivity index (χ2v) is 6.76. The zero-order valence-electron chi connectivity index (χ0n) is 12.4. The van der Waals surface area contributed by atoms with E-state index in [9.17, 15) is 0 Å². The molecule has 0 aromatic carbocycles. The fourth-order valence-corrected chi connectivity index (χ4v) is 3.97. The van der Waals surface area contributed by atoms with Gasteiger partial charge in [-0.25, -0.2) is 4.98 Å². The van der Waals surface area contributed by atoms with Crippen LogP contribution in [0.1, 0.15) is 36.0 Å². The predicted molar refractivity (Wildman–Crippen MR) is 90.3 cm³/mol. The molecular formula is C16H20ClN3S. The van der Waals surface area contributed by atoms with Crippen LogP contribution in [-0.2, 0) is 13.0 Å². The molecule has 1 atom stereocenters. The Balaban J connectivity index is 1.79. The summed E-state index contributed by atoms with van der Waals surface area (Å²) in [5.41, 5.74) is 2.42. The first-order valence-corrected chi connectivity index (χ1v) is 8.64. The van der Waals surface area contributed by atoms with Gasteiger partial charge in [-0.2, -0.15) is 0 Å². The quantitative estimate of drug-likeness (QED) is 0.907. The van der Waals surface area contributed by atoms with E-state index in [0.29, 0.717) is 6.04 Å². The minimum absolute atomic E-state index is 0.431. The maximum Gasteiger partial charge on any atom is 0.126 e. The zero-order chi connectivity index (χ0) is 14.8. The predicted octanol–water partition coefficient (Wildman–Crippen LogP) is 4.35. The maximum atomic E-state index is 6.33. The Bertz CT molecular complexity index is 626. The van der Waals surface area contributed by atoms with Crippen molar-refractivity contribution in [3.8, 4) is 0 Å². The summed E-state index contributed by atoms with van der Waals surface area (Å²) in [5.74, 6) is 0.901. The van der Waals surface area contributed by atoms with E-state index in [0.717, 1.165) is 42.6 Å². The van der Waals surface area contributed by atoms with Gasteiger partial charge in [-0.15, -0.1) is 11.3 Å². The highest BCUT2D eigenvalue weighted by atomic mass is 35.5. The molecule has 0 fully saturated rings. The van der Waals surface area contributed by atoms with Crippen molar-refractivity contribution in [3.63, 3.8) is 0 Å². The summed E-state index contributed by atoms with van der Waals surface area (Å²) < 4.78 is 0. The third-order valence-corrected chi connectivity index (χ3v) is 5.37. The Morgan fingerprint density at radius 1 is 1.43 bits per heavy atom. The highest BCUT2D eigenvalue weighted by Crippen LogP contribution is 2.34. The van der Waals surface area contributed by atoms with Crippen LogP contribution in [0, 0.1) is 0 Å². The van der Waals surface area contributed by atoms with E-state index >= 15 is 0 Å². The molecule has 0 radical (unpaired) electrons. The van der Waals surface area contributed by atoms with E-state index < -0.39 is 0 Å². The monoisotopic (exact) mass is 321 g/mol. The lowest BCUT2D eigenvalue weighted by molar-refractivity contribution is 0.189. The fourth-order valence-electron chi connectivity index (χ4n) is 2.84. The molecule has 5 heteroatoms. The van der Waals surface area contributed by atoms with Crippen LogP contribution in [0.3, 0.4) is 0 Å². The first-order chi connectivity index (χ1) is 10.2. The molecule has 1 N–H and O–H groups in total. The van der Waals surface area contributed by atoms with Gasteiger partial charge in [-0.05, 0) is 49.4 Å². The number of aromatic nitrogens is 1. The van der Waals surface area contributed by atoms with E-state index in [1.165, 1.54) is 10.4 Å². The highest BCUT2D eigenvalue weighted by Gasteiger charge is 2.25. The van der Waals surface area contributed by atoms with Crippen molar-refractivity contribution >= 4 is 28.8 Å². The Hall–Kier alpha value is -1.10. The molecule has 0 amide bonds. The van der Waals surface area contributed by atoms with Gasteiger partial charge in [0.2, 0.25) is 0 Å². The molecule has 0 saturated heterocycles. The largest absolute Gasteiger partial charge is 0.370 e. The molecule has 21 heavy (non-hydrogen) atoms. The smallest absolute Gasteiger partial charge is 0.126 e. The summed E-state index contributed by atoms with van der Waals surface area (Å²) in [4.78, 5) is 8.64. The van der Waals surface area contributed by atoms with Gasteiger partial charge in [0.1, 0.15) is 5.82 Å². The molecule has 3 rings (SSSR count).